The molecule has 0 radical (unpaired) electrons. The minimum absolute atomic E-state index is 0.000144. The van der Waals surface area contributed by atoms with Gasteiger partial charge in [0, 0.05) is 11.1 Å². The minimum atomic E-state index is -0.803. The van der Waals surface area contributed by atoms with Crippen molar-refractivity contribution in [2.45, 2.75) is 116 Å². The number of piperidine rings is 1. The number of carboxylic acid groups (broad SMARTS) is 1. The standard InChI is InChI=1S/C26H43NO2/c1-9-14-25(7)17-21(22(11-3)26(8,27-25)15-10-2)20-16-18(24(4,5)6)12-13-19(20)23(28)29/h12-13,16,21-22,27H,9-11,14-15,17H2,1-8H3,(H,28,29). The number of carboxylic acids is 1. The Morgan fingerprint density at radius 2 is 1.76 bits per heavy atom. The van der Waals surface area contributed by atoms with Crippen LogP contribution < -0.4 is 5.32 Å². The number of benzene rings is 1. The Balaban J connectivity index is 2.68. The third-order valence-electron chi connectivity index (χ3n) is 7.12. The van der Waals surface area contributed by atoms with Crippen LogP contribution in [0.2, 0.25) is 0 Å². The van der Waals surface area contributed by atoms with E-state index < -0.39 is 5.97 Å². The quantitative estimate of drug-likeness (QED) is 0.522. The number of carbonyl (C=O) groups is 1. The zero-order chi connectivity index (χ0) is 22.0. The smallest absolute Gasteiger partial charge is 0.335 e. The molecule has 1 aliphatic heterocycles. The highest BCUT2D eigenvalue weighted by atomic mass is 16.4. The van der Waals surface area contributed by atoms with Crippen LogP contribution >= 0.6 is 0 Å². The Kier molecular flexibility index (Phi) is 7.26. The van der Waals surface area contributed by atoms with E-state index in [4.69, 9.17) is 0 Å². The lowest BCUT2D eigenvalue weighted by atomic mass is 9.61. The summed E-state index contributed by atoms with van der Waals surface area (Å²) in [4.78, 5) is 12.2. The number of aromatic carboxylic acids is 1. The van der Waals surface area contributed by atoms with Gasteiger partial charge in [0.1, 0.15) is 0 Å². The van der Waals surface area contributed by atoms with E-state index in [0.717, 1.165) is 44.1 Å². The second-order valence-electron chi connectivity index (χ2n) is 10.8. The first-order chi connectivity index (χ1) is 13.4. The average molecular weight is 402 g/mol. The average Bonchev–Trinajstić information content (AvgIpc) is 2.59. The molecule has 1 aromatic rings. The number of hydrogen-bond acceptors (Lipinski definition) is 2. The van der Waals surface area contributed by atoms with E-state index in [-0.39, 0.29) is 22.4 Å². The van der Waals surface area contributed by atoms with Gasteiger partial charge >= 0.3 is 5.97 Å². The lowest BCUT2D eigenvalue weighted by Crippen LogP contribution is -2.64. The molecule has 164 valence electrons. The number of nitrogens with one attached hydrogen (secondary N) is 1. The second-order valence-corrected chi connectivity index (χ2v) is 10.8. The van der Waals surface area contributed by atoms with E-state index in [1.807, 2.05) is 12.1 Å². The molecule has 4 atom stereocenters. The molecule has 0 aliphatic carbocycles. The van der Waals surface area contributed by atoms with Gasteiger partial charge in [-0.25, -0.2) is 4.79 Å². The van der Waals surface area contributed by atoms with Gasteiger partial charge in [-0.15, -0.1) is 0 Å². The van der Waals surface area contributed by atoms with Crippen LogP contribution in [0.3, 0.4) is 0 Å². The van der Waals surface area contributed by atoms with Crippen LogP contribution in [0.1, 0.15) is 121 Å². The van der Waals surface area contributed by atoms with E-state index in [1.54, 1.807) is 0 Å². The summed E-state index contributed by atoms with van der Waals surface area (Å²) in [6.07, 6.45) is 6.52. The van der Waals surface area contributed by atoms with Crippen LogP contribution in [0.15, 0.2) is 18.2 Å². The van der Waals surface area contributed by atoms with Crippen molar-refractivity contribution in [1.29, 1.82) is 0 Å². The number of rotatable bonds is 7. The van der Waals surface area contributed by atoms with Crippen molar-refractivity contribution in [3.05, 3.63) is 34.9 Å². The molecule has 29 heavy (non-hydrogen) atoms. The van der Waals surface area contributed by atoms with Crippen LogP contribution in [0, 0.1) is 5.92 Å². The molecule has 2 N–H and O–H groups in total. The monoisotopic (exact) mass is 401 g/mol. The molecule has 2 rings (SSSR count). The zero-order valence-electron chi connectivity index (χ0n) is 20.0. The third kappa shape index (κ3) is 5.05. The van der Waals surface area contributed by atoms with Crippen molar-refractivity contribution in [2.75, 3.05) is 0 Å². The van der Waals surface area contributed by atoms with Gasteiger partial charge in [0.05, 0.1) is 5.56 Å². The molecule has 1 saturated heterocycles. The Labute approximate surface area is 178 Å². The molecule has 0 bridgehead atoms. The van der Waals surface area contributed by atoms with Crippen molar-refractivity contribution in [1.82, 2.24) is 5.32 Å². The molecule has 0 spiro atoms. The first-order valence-electron chi connectivity index (χ1n) is 11.6. The Morgan fingerprint density at radius 1 is 1.14 bits per heavy atom. The van der Waals surface area contributed by atoms with Crippen molar-refractivity contribution in [2.24, 2.45) is 5.92 Å². The van der Waals surface area contributed by atoms with Crippen LogP contribution in [-0.4, -0.2) is 22.2 Å². The van der Waals surface area contributed by atoms with Gasteiger partial charge in [0.15, 0.2) is 0 Å². The Bertz CT molecular complexity index is 720. The summed E-state index contributed by atoms with van der Waals surface area (Å²) in [6.45, 7) is 18.1. The van der Waals surface area contributed by atoms with Gasteiger partial charge in [0.25, 0.3) is 0 Å². The van der Waals surface area contributed by atoms with E-state index >= 15 is 0 Å². The lowest BCUT2D eigenvalue weighted by Gasteiger charge is -2.55. The topological polar surface area (TPSA) is 49.3 Å². The van der Waals surface area contributed by atoms with E-state index in [0.29, 0.717) is 11.5 Å². The van der Waals surface area contributed by atoms with Crippen LogP contribution in [0.4, 0.5) is 0 Å². The van der Waals surface area contributed by atoms with E-state index in [9.17, 15) is 9.90 Å². The Morgan fingerprint density at radius 3 is 2.24 bits per heavy atom. The fourth-order valence-electron chi connectivity index (χ4n) is 5.98. The fraction of sp³-hybridized carbons (Fsp3) is 0.731. The summed E-state index contributed by atoms with van der Waals surface area (Å²) in [7, 11) is 0. The zero-order valence-corrected chi connectivity index (χ0v) is 20.0. The summed E-state index contributed by atoms with van der Waals surface area (Å²) in [5.74, 6) is -0.133. The SMILES string of the molecule is CCCC1(C)CC(c2cc(C(C)(C)C)ccc2C(=O)O)C(CC)C(C)(CCC)N1. The van der Waals surface area contributed by atoms with Gasteiger partial charge < -0.3 is 10.4 Å². The highest BCUT2D eigenvalue weighted by Crippen LogP contribution is 2.49. The predicted molar refractivity (Wildman–Crippen MR) is 123 cm³/mol. The molecule has 1 aromatic carbocycles. The molecule has 0 aromatic heterocycles. The highest BCUT2D eigenvalue weighted by molar-refractivity contribution is 5.89. The second kappa shape index (κ2) is 8.79. The third-order valence-corrected chi connectivity index (χ3v) is 7.12. The molecule has 0 saturated carbocycles. The summed E-state index contributed by atoms with van der Waals surface area (Å²) in [6, 6.07) is 6.06. The minimum Gasteiger partial charge on any atom is -0.478 e. The maximum absolute atomic E-state index is 12.2. The van der Waals surface area contributed by atoms with E-state index in [1.165, 1.54) is 5.56 Å². The van der Waals surface area contributed by atoms with Crippen LogP contribution in [-0.2, 0) is 5.41 Å². The predicted octanol–water partition coefficient (Wildman–Crippen LogP) is 6.90. The molecule has 3 nitrogen and oxygen atoms in total. The maximum Gasteiger partial charge on any atom is 0.335 e. The highest BCUT2D eigenvalue weighted by Gasteiger charge is 2.49. The van der Waals surface area contributed by atoms with E-state index in [2.05, 4.69) is 66.8 Å². The molecule has 1 fully saturated rings. The summed E-state index contributed by atoms with van der Waals surface area (Å²) >= 11 is 0. The molecule has 3 heteroatoms. The Hall–Kier alpha value is -1.35. The van der Waals surface area contributed by atoms with Gasteiger partial charge in [-0.3, -0.25) is 0 Å². The maximum atomic E-state index is 12.2. The molecule has 0 amide bonds. The van der Waals surface area contributed by atoms with Gasteiger partial charge in [-0.2, -0.15) is 0 Å². The number of hydrogen-bond donors (Lipinski definition) is 2. The van der Waals surface area contributed by atoms with Gasteiger partial charge in [-0.1, -0.05) is 72.9 Å². The fourth-order valence-corrected chi connectivity index (χ4v) is 5.98. The van der Waals surface area contributed by atoms with Crippen LogP contribution in [0.5, 0.6) is 0 Å². The van der Waals surface area contributed by atoms with Crippen LogP contribution in [0.25, 0.3) is 0 Å². The van der Waals surface area contributed by atoms with Crippen molar-refractivity contribution in [3.8, 4) is 0 Å². The first kappa shape index (κ1) is 23.9. The first-order valence-corrected chi connectivity index (χ1v) is 11.6. The van der Waals surface area contributed by atoms with Crippen molar-refractivity contribution in [3.63, 3.8) is 0 Å². The summed E-state index contributed by atoms with van der Waals surface area (Å²) < 4.78 is 0. The van der Waals surface area contributed by atoms with Crippen molar-refractivity contribution >= 4 is 5.97 Å². The lowest BCUT2D eigenvalue weighted by molar-refractivity contribution is 0.0501. The normalized spacial score (nSPS) is 30.3. The summed E-state index contributed by atoms with van der Waals surface area (Å²) in [5, 5.41) is 14.1. The van der Waals surface area contributed by atoms with Gasteiger partial charge in [0.2, 0.25) is 0 Å². The molecule has 4 unspecified atom stereocenters. The van der Waals surface area contributed by atoms with Gasteiger partial charge in [-0.05, 0) is 67.6 Å². The van der Waals surface area contributed by atoms with Crippen molar-refractivity contribution < 1.29 is 9.90 Å². The molecule has 1 aliphatic rings. The molecular formula is C26H43NO2. The molecular weight excluding hydrogens is 358 g/mol. The summed E-state index contributed by atoms with van der Waals surface area (Å²) in [5.41, 5.74) is 2.80. The largest absolute Gasteiger partial charge is 0.478 e. The molecule has 1 heterocycles.